The highest BCUT2D eigenvalue weighted by atomic mass is 16.1. The van der Waals surface area contributed by atoms with E-state index in [0.29, 0.717) is 25.3 Å². The molecule has 1 fully saturated rings. The summed E-state index contributed by atoms with van der Waals surface area (Å²) in [6.07, 6.45) is 7.06. The Morgan fingerprint density at radius 2 is 2.00 bits per heavy atom. The van der Waals surface area contributed by atoms with Crippen LogP contribution in [0, 0.1) is 12.8 Å². The molecule has 0 unspecified atom stereocenters. The maximum Gasteiger partial charge on any atom is 0.220 e. The molecule has 24 heavy (non-hydrogen) atoms. The smallest absolute Gasteiger partial charge is 0.220 e. The second-order valence-corrected chi connectivity index (χ2v) is 6.82. The minimum atomic E-state index is 0.164. The van der Waals surface area contributed by atoms with Crippen LogP contribution in [-0.4, -0.2) is 27.6 Å². The van der Waals surface area contributed by atoms with E-state index in [1.807, 2.05) is 0 Å². The van der Waals surface area contributed by atoms with Gasteiger partial charge in [-0.1, -0.05) is 42.7 Å². The third-order valence-corrected chi connectivity index (χ3v) is 4.69. The largest absolute Gasteiger partial charge is 0.356 e. The fourth-order valence-electron chi connectivity index (χ4n) is 3.29. The van der Waals surface area contributed by atoms with E-state index in [0.717, 1.165) is 18.1 Å². The Bertz CT molecular complexity index is 656. The Morgan fingerprint density at radius 3 is 2.75 bits per heavy atom. The summed E-state index contributed by atoms with van der Waals surface area (Å²) in [6.45, 7) is 2.69. The number of hydrogen-bond acceptors (Lipinski definition) is 3. The quantitative estimate of drug-likeness (QED) is 0.822. The zero-order chi connectivity index (χ0) is 16.8. The maximum absolute atomic E-state index is 11.9. The third kappa shape index (κ3) is 4.91. The third-order valence-electron chi connectivity index (χ3n) is 4.69. The highest BCUT2D eigenvalue weighted by Crippen LogP contribution is 2.27. The van der Waals surface area contributed by atoms with Gasteiger partial charge in [-0.3, -0.25) is 9.89 Å². The number of nitrogens with zero attached hydrogens (tertiary/aromatic N) is 2. The summed E-state index contributed by atoms with van der Waals surface area (Å²) in [5, 5.41) is 10.2. The van der Waals surface area contributed by atoms with Gasteiger partial charge in [-0.25, -0.2) is 4.98 Å². The Hall–Kier alpha value is -2.17. The lowest BCUT2D eigenvalue weighted by Gasteiger charge is -2.08. The molecular formula is C19H26N4O. The molecular weight excluding hydrogens is 300 g/mol. The Labute approximate surface area is 143 Å². The van der Waals surface area contributed by atoms with E-state index in [9.17, 15) is 4.79 Å². The Kier molecular flexibility index (Phi) is 5.62. The van der Waals surface area contributed by atoms with Gasteiger partial charge in [0.05, 0.1) is 0 Å². The molecule has 1 aliphatic carbocycles. The summed E-state index contributed by atoms with van der Waals surface area (Å²) < 4.78 is 0. The van der Waals surface area contributed by atoms with Gasteiger partial charge < -0.3 is 5.32 Å². The van der Waals surface area contributed by atoms with Crippen LogP contribution in [-0.2, 0) is 17.6 Å². The number of aromatic nitrogens is 3. The van der Waals surface area contributed by atoms with Crippen molar-refractivity contribution in [3.8, 4) is 0 Å². The number of H-pyrrole nitrogens is 1. The first kappa shape index (κ1) is 16.7. The fourth-order valence-corrected chi connectivity index (χ4v) is 3.29. The van der Waals surface area contributed by atoms with Crippen LogP contribution in [0.15, 0.2) is 24.3 Å². The fraction of sp³-hybridized carbons (Fsp3) is 0.526. The summed E-state index contributed by atoms with van der Waals surface area (Å²) in [4.78, 5) is 16.4. The first-order valence-electron chi connectivity index (χ1n) is 8.91. The minimum absolute atomic E-state index is 0.164. The van der Waals surface area contributed by atoms with Crippen molar-refractivity contribution in [2.75, 3.05) is 6.54 Å². The number of nitrogens with one attached hydrogen (secondary N) is 2. The van der Waals surface area contributed by atoms with Crippen molar-refractivity contribution < 1.29 is 4.79 Å². The first-order valence-corrected chi connectivity index (χ1v) is 8.91. The van der Waals surface area contributed by atoms with Gasteiger partial charge >= 0.3 is 0 Å². The Balaban J connectivity index is 1.40. The number of carbonyl (C=O) groups is 1. The molecule has 0 bridgehead atoms. The van der Waals surface area contributed by atoms with E-state index < -0.39 is 0 Å². The van der Waals surface area contributed by atoms with Crippen molar-refractivity contribution in [3.63, 3.8) is 0 Å². The zero-order valence-electron chi connectivity index (χ0n) is 14.3. The van der Waals surface area contributed by atoms with Crippen molar-refractivity contribution in [1.29, 1.82) is 0 Å². The number of amides is 1. The lowest BCUT2D eigenvalue weighted by molar-refractivity contribution is -0.121. The number of carbonyl (C=O) groups excluding carboxylic acids is 1. The molecule has 0 aliphatic heterocycles. The van der Waals surface area contributed by atoms with Crippen LogP contribution in [0.1, 0.15) is 54.9 Å². The van der Waals surface area contributed by atoms with E-state index in [2.05, 4.69) is 51.7 Å². The van der Waals surface area contributed by atoms with Crippen molar-refractivity contribution >= 4 is 5.91 Å². The number of benzene rings is 1. The van der Waals surface area contributed by atoms with E-state index in [1.54, 1.807) is 0 Å². The van der Waals surface area contributed by atoms with Gasteiger partial charge in [-0.15, -0.1) is 0 Å². The summed E-state index contributed by atoms with van der Waals surface area (Å²) in [5.41, 5.74) is 2.47. The molecule has 5 nitrogen and oxygen atoms in total. The van der Waals surface area contributed by atoms with Crippen LogP contribution < -0.4 is 5.32 Å². The summed E-state index contributed by atoms with van der Waals surface area (Å²) in [5.74, 6) is 2.39. The monoisotopic (exact) mass is 326 g/mol. The highest BCUT2D eigenvalue weighted by Gasteiger charge is 2.18. The minimum Gasteiger partial charge on any atom is -0.356 e. The lowest BCUT2D eigenvalue weighted by atomic mass is 10.0. The van der Waals surface area contributed by atoms with Crippen LogP contribution in [0.5, 0.6) is 0 Å². The molecule has 1 aromatic carbocycles. The van der Waals surface area contributed by atoms with Gasteiger partial charge in [0, 0.05) is 25.8 Å². The summed E-state index contributed by atoms with van der Waals surface area (Å²) >= 11 is 0. The zero-order valence-corrected chi connectivity index (χ0v) is 14.3. The maximum atomic E-state index is 11.9. The van der Waals surface area contributed by atoms with Crippen LogP contribution in [0.3, 0.4) is 0 Å². The van der Waals surface area contributed by atoms with Crippen molar-refractivity contribution in [2.45, 2.75) is 51.9 Å². The van der Waals surface area contributed by atoms with Crippen molar-refractivity contribution in [2.24, 2.45) is 5.92 Å². The normalized spacial score (nSPS) is 14.9. The van der Waals surface area contributed by atoms with E-state index >= 15 is 0 Å². The molecule has 0 saturated heterocycles. The highest BCUT2D eigenvalue weighted by molar-refractivity contribution is 5.76. The van der Waals surface area contributed by atoms with Gasteiger partial charge in [-0.05, 0) is 31.2 Å². The van der Waals surface area contributed by atoms with Crippen LogP contribution in [0.2, 0.25) is 0 Å². The second-order valence-electron chi connectivity index (χ2n) is 6.82. The molecule has 2 N–H and O–H groups in total. The SMILES string of the molecule is Cc1ccc(Cc2nc(CCNC(=O)CC3CCCC3)n[nH]2)cc1. The molecule has 2 aromatic rings. The van der Waals surface area contributed by atoms with Crippen molar-refractivity contribution in [3.05, 3.63) is 47.0 Å². The number of rotatable bonds is 7. The van der Waals surface area contributed by atoms with Crippen LogP contribution in [0.25, 0.3) is 0 Å². The molecule has 0 spiro atoms. The molecule has 3 rings (SSSR count). The second kappa shape index (κ2) is 8.08. The van der Waals surface area contributed by atoms with E-state index in [-0.39, 0.29) is 5.91 Å². The molecule has 1 heterocycles. The molecule has 1 aromatic heterocycles. The number of aryl methyl sites for hydroxylation is 1. The average Bonchev–Trinajstić information content (AvgIpc) is 3.22. The summed E-state index contributed by atoms with van der Waals surface area (Å²) in [6, 6.07) is 8.43. The molecule has 128 valence electrons. The number of aromatic amines is 1. The predicted octanol–water partition coefficient (Wildman–Crippen LogP) is 2.94. The number of hydrogen-bond donors (Lipinski definition) is 2. The van der Waals surface area contributed by atoms with Gasteiger partial charge in [0.15, 0.2) is 5.82 Å². The van der Waals surface area contributed by atoms with Gasteiger partial charge in [0.1, 0.15) is 5.82 Å². The first-order chi connectivity index (χ1) is 11.7. The topological polar surface area (TPSA) is 70.7 Å². The Morgan fingerprint density at radius 1 is 1.25 bits per heavy atom. The molecule has 0 atom stereocenters. The van der Waals surface area contributed by atoms with Gasteiger partial charge in [-0.2, -0.15) is 5.10 Å². The molecule has 0 radical (unpaired) electrons. The predicted molar refractivity (Wildman–Crippen MR) is 93.7 cm³/mol. The van der Waals surface area contributed by atoms with Gasteiger partial charge in [0.25, 0.3) is 0 Å². The average molecular weight is 326 g/mol. The van der Waals surface area contributed by atoms with Gasteiger partial charge in [0.2, 0.25) is 5.91 Å². The standard InChI is InChI=1S/C19H26N4O/c1-14-6-8-16(9-7-14)12-18-21-17(22-23-18)10-11-20-19(24)13-15-4-2-3-5-15/h6-9,15H,2-5,10-13H2,1H3,(H,20,24)(H,21,22,23). The summed E-state index contributed by atoms with van der Waals surface area (Å²) in [7, 11) is 0. The van der Waals surface area contributed by atoms with E-state index in [1.165, 1.54) is 36.8 Å². The molecule has 5 heteroatoms. The lowest BCUT2D eigenvalue weighted by Crippen LogP contribution is -2.27. The van der Waals surface area contributed by atoms with E-state index in [4.69, 9.17) is 0 Å². The molecule has 1 aliphatic rings. The van der Waals surface area contributed by atoms with Crippen LogP contribution >= 0.6 is 0 Å². The molecule has 1 saturated carbocycles. The van der Waals surface area contributed by atoms with Crippen LogP contribution in [0.4, 0.5) is 0 Å². The van der Waals surface area contributed by atoms with Crippen molar-refractivity contribution in [1.82, 2.24) is 20.5 Å². The molecule has 1 amide bonds.